The number of pyridine rings is 1. The summed E-state index contributed by atoms with van der Waals surface area (Å²) in [7, 11) is 0. The van der Waals surface area contributed by atoms with E-state index in [0.29, 0.717) is 16.4 Å². The monoisotopic (exact) mass is 263 g/mol. The first-order valence-corrected chi connectivity index (χ1v) is 6.09. The molecule has 0 unspecified atom stereocenters. The van der Waals surface area contributed by atoms with Crippen molar-refractivity contribution in [3.8, 4) is 0 Å². The van der Waals surface area contributed by atoms with Crippen molar-refractivity contribution in [1.82, 2.24) is 9.97 Å². The molecule has 0 saturated carbocycles. The van der Waals surface area contributed by atoms with Gasteiger partial charge in [0.25, 0.3) is 5.91 Å². The zero-order chi connectivity index (χ0) is 13.1. The standard InChI is InChI=1S/C11H13N5OS/c1-6-7(2)18-11(14-6)15-10(17)8-5-13-4-3-9(8)16-12/h3-5H,12H2,1-2H3,(H,13,16)(H,14,15,17). The molecule has 4 N–H and O–H groups in total. The predicted octanol–water partition coefficient (Wildman–Crippen LogP) is 1.69. The first-order valence-electron chi connectivity index (χ1n) is 5.28. The van der Waals surface area contributed by atoms with Crippen molar-refractivity contribution in [3.63, 3.8) is 0 Å². The van der Waals surface area contributed by atoms with Gasteiger partial charge in [0.2, 0.25) is 0 Å². The van der Waals surface area contributed by atoms with E-state index in [0.717, 1.165) is 10.6 Å². The van der Waals surface area contributed by atoms with E-state index in [1.807, 2.05) is 13.8 Å². The van der Waals surface area contributed by atoms with Gasteiger partial charge >= 0.3 is 0 Å². The highest BCUT2D eigenvalue weighted by atomic mass is 32.1. The minimum Gasteiger partial charge on any atom is -0.323 e. The van der Waals surface area contributed by atoms with Crippen molar-refractivity contribution in [3.05, 3.63) is 34.6 Å². The molecule has 2 heterocycles. The van der Waals surface area contributed by atoms with Gasteiger partial charge in [-0.05, 0) is 19.9 Å². The molecule has 2 aromatic rings. The van der Waals surface area contributed by atoms with Gasteiger partial charge in [0.15, 0.2) is 5.13 Å². The Bertz CT molecular complexity index is 561. The number of nitrogens with two attached hydrogens (primary N) is 1. The number of nitrogen functional groups attached to an aromatic ring is 1. The molecule has 0 bridgehead atoms. The van der Waals surface area contributed by atoms with Crippen LogP contribution in [-0.2, 0) is 0 Å². The van der Waals surface area contributed by atoms with Crippen molar-refractivity contribution in [2.45, 2.75) is 13.8 Å². The highest BCUT2D eigenvalue weighted by molar-refractivity contribution is 7.15. The van der Waals surface area contributed by atoms with E-state index < -0.39 is 0 Å². The molecule has 0 aromatic carbocycles. The minimum absolute atomic E-state index is 0.287. The summed E-state index contributed by atoms with van der Waals surface area (Å²) in [6.45, 7) is 3.86. The summed E-state index contributed by atoms with van der Waals surface area (Å²) in [6, 6.07) is 1.63. The third kappa shape index (κ3) is 2.47. The summed E-state index contributed by atoms with van der Waals surface area (Å²) < 4.78 is 0. The van der Waals surface area contributed by atoms with E-state index in [-0.39, 0.29) is 5.91 Å². The number of thiazole rings is 1. The molecule has 0 fully saturated rings. The maximum Gasteiger partial charge on any atom is 0.261 e. The first kappa shape index (κ1) is 12.5. The number of nitrogens with one attached hydrogen (secondary N) is 2. The van der Waals surface area contributed by atoms with Gasteiger partial charge in [-0.1, -0.05) is 0 Å². The van der Waals surface area contributed by atoms with E-state index in [1.54, 1.807) is 12.3 Å². The van der Waals surface area contributed by atoms with Crippen LogP contribution in [0.5, 0.6) is 0 Å². The van der Waals surface area contributed by atoms with E-state index in [4.69, 9.17) is 5.84 Å². The number of hydrogen-bond acceptors (Lipinski definition) is 6. The van der Waals surface area contributed by atoms with Gasteiger partial charge in [-0.2, -0.15) is 0 Å². The third-order valence-corrected chi connectivity index (χ3v) is 3.46. The van der Waals surface area contributed by atoms with E-state index in [9.17, 15) is 4.79 Å². The van der Waals surface area contributed by atoms with Gasteiger partial charge in [0.1, 0.15) is 0 Å². The SMILES string of the molecule is Cc1nc(NC(=O)c2cnccc2NN)sc1C. The Morgan fingerprint density at radius 3 is 2.83 bits per heavy atom. The molecule has 0 radical (unpaired) electrons. The van der Waals surface area contributed by atoms with E-state index in [1.165, 1.54) is 17.5 Å². The molecule has 0 spiro atoms. The average molecular weight is 263 g/mol. The maximum absolute atomic E-state index is 12.0. The number of amides is 1. The summed E-state index contributed by atoms with van der Waals surface area (Å²) in [5.41, 5.74) is 4.28. The van der Waals surface area contributed by atoms with Crippen LogP contribution >= 0.6 is 11.3 Å². The van der Waals surface area contributed by atoms with Crippen LogP contribution in [0.15, 0.2) is 18.5 Å². The Labute approximate surface area is 108 Å². The molecule has 0 aliphatic rings. The fourth-order valence-electron chi connectivity index (χ4n) is 1.39. The fourth-order valence-corrected chi connectivity index (χ4v) is 2.20. The third-order valence-electron chi connectivity index (χ3n) is 2.47. The lowest BCUT2D eigenvalue weighted by molar-refractivity contribution is 0.102. The van der Waals surface area contributed by atoms with Crippen molar-refractivity contribution in [2.75, 3.05) is 10.7 Å². The second-order valence-corrected chi connectivity index (χ2v) is 4.88. The quantitative estimate of drug-likeness (QED) is 0.579. The molecular weight excluding hydrogens is 250 g/mol. The lowest BCUT2D eigenvalue weighted by Crippen LogP contribution is -2.17. The lowest BCUT2D eigenvalue weighted by Gasteiger charge is -2.06. The summed E-state index contributed by atoms with van der Waals surface area (Å²) in [6.07, 6.45) is 3.02. The van der Waals surface area contributed by atoms with Crippen LogP contribution < -0.4 is 16.6 Å². The van der Waals surface area contributed by atoms with Crippen LogP contribution in [0.1, 0.15) is 20.9 Å². The second-order valence-electron chi connectivity index (χ2n) is 3.68. The zero-order valence-corrected chi connectivity index (χ0v) is 10.8. The number of rotatable bonds is 3. The van der Waals surface area contributed by atoms with Crippen molar-refractivity contribution >= 4 is 28.1 Å². The number of hydrazine groups is 1. The van der Waals surface area contributed by atoms with Crippen LogP contribution in [0, 0.1) is 13.8 Å². The topological polar surface area (TPSA) is 92.9 Å². The van der Waals surface area contributed by atoms with Crippen molar-refractivity contribution in [1.29, 1.82) is 0 Å². The van der Waals surface area contributed by atoms with Gasteiger partial charge in [0.05, 0.1) is 16.9 Å². The second kappa shape index (κ2) is 5.11. The first-order chi connectivity index (χ1) is 8.61. The summed E-state index contributed by atoms with van der Waals surface area (Å²) in [4.78, 5) is 21.3. The highest BCUT2D eigenvalue weighted by Gasteiger charge is 2.13. The number of hydrogen-bond donors (Lipinski definition) is 3. The van der Waals surface area contributed by atoms with Crippen LogP contribution in [0.2, 0.25) is 0 Å². The summed E-state index contributed by atoms with van der Waals surface area (Å²) in [5.74, 6) is 5.05. The van der Waals surface area contributed by atoms with Crippen LogP contribution in [0.3, 0.4) is 0 Å². The molecule has 18 heavy (non-hydrogen) atoms. The van der Waals surface area contributed by atoms with E-state index in [2.05, 4.69) is 20.7 Å². The molecule has 0 atom stereocenters. The van der Waals surface area contributed by atoms with Gasteiger partial charge in [0, 0.05) is 17.3 Å². The fraction of sp³-hybridized carbons (Fsp3) is 0.182. The summed E-state index contributed by atoms with van der Waals surface area (Å²) >= 11 is 1.44. The summed E-state index contributed by atoms with van der Waals surface area (Å²) in [5, 5.41) is 3.30. The number of carbonyl (C=O) groups is 1. The van der Waals surface area contributed by atoms with Gasteiger partial charge in [-0.3, -0.25) is 20.9 Å². The molecular formula is C11H13N5OS. The molecule has 2 rings (SSSR count). The number of carbonyl (C=O) groups excluding carboxylic acids is 1. The van der Waals surface area contributed by atoms with Gasteiger partial charge in [-0.15, -0.1) is 11.3 Å². The van der Waals surface area contributed by atoms with Crippen LogP contribution in [0.4, 0.5) is 10.8 Å². The smallest absolute Gasteiger partial charge is 0.261 e. The predicted molar refractivity (Wildman–Crippen MR) is 71.6 cm³/mol. The Kier molecular flexibility index (Phi) is 3.54. The van der Waals surface area contributed by atoms with Crippen molar-refractivity contribution in [2.24, 2.45) is 5.84 Å². The van der Waals surface area contributed by atoms with Crippen LogP contribution in [0.25, 0.3) is 0 Å². The lowest BCUT2D eigenvalue weighted by atomic mass is 10.2. The van der Waals surface area contributed by atoms with E-state index >= 15 is 0 Å². The molecule has 7 heteroatoms. The van der Waals surface area contributed by atoms with Crippen molar-refractivity contribution < 1.29 is 4.79 Å². The number of aryl methyl sites for hydroxylation is 2. The number of aromatic nitrogens is 2. The number of nitrogens with zero attached hydrogens (tertiary/aromatic N) is 2. The van der Waals surface area contributed by atoms with Gasteiger partial charge < -0.3 is 5.43 Å². The molecule has 0 aliphatic carbocycles. The van der Waals surface area contributed by atoms with Gasteiger partial charge in [-0.25, -0.2) is 4.98 Å². The normalized spacial score (nSPS) is 10.2. The largest absolute Gasteiger partial charge is 0.323 e. The highest BCUT2D eigenvalue weighted by Crippen LogP contribution is 2.22. The molecule has 94 valence electrons. The Balaban J connectivity index is 2.22. The molecule has 0 aliphatic heterocycles. The number of anilines is 2. The minimum atomic E-state index is -0.287. The molecule has 0 saturated heterocycles. The Hall–Kier alpha value is -1.99. The molecule has 1 amide bonds. The zero-order valence-electron chi connectivity index (χ0n) is 10.0. The Morgan fingerprint density at radius 2 is 2.22 bits per heavy atom. The van der Waals surface area contributed by atoms with Crippen LogP contribution in [-0.4, -0.2) is 15.9 Å². The molecule has 6 nitrogen and oxygen atoms in total. The molecule has 2 aromatic heterocycles. The Morgan fingerprint density at radius 1 is 1.44 bits per heavy atom. The average Bonchev–Trinajstić information content (AvgIpc) is 2.68. The maximum atomic E-state index is 12.0.